The highest BCUT2D eigenvalue weighted by Gasteiger charge is 2.13. The van der Waals surface area contributed by atoms with Crippen LogP contribution < -0.4 is 10.1 Å². The number of piperazine rings is 1. The number of nitrogens with zero attached hydrogens (tertiary/aromatic N) is 1. The van der Waals surface area contributed by atoms with Crippen molar-refractivity contribution in [1.29, 1.82) is 0 Å². The molecule has 2 N–H and O–H groups in total. The number of ether oxygens (including phenoxy) is 1. The van der Waals surface area contributed by atoms with Gasteiger partial charge in [0.25, 0.3) is 0 Å². The highest BCUT2D eigenvalue weighted by molar-refractivity contribution is 5.92. The van der Waals surface area contributed by atoms with Crippen LogP contribution in [0.15, 0.2) is 24.3 Å². The van der Waals surface area contributed by atoms with Gasteiger partial charge in [0, 0.05) is 32.3 Å². The molecular weight excluding hydrogens is 244 g/mol. The molecule has 1 fully saturated rings. The van der Waals surface area contributed by atoms with Gasteiger partial charge in [-0.2, -0.15) is 0 Å². The number of carbonyl (C=O) groups is 1. The fourth-order valence-corrected chi connectivity index (χ4v) is 1.96. The Kier molecular flexibility index (Phi) is 4.41. The van der Waals surface area contributed by atoms with Gasteiger partial charge in [-0.05, 0) is 23.8 Å². The van der Waals surface area contributed by atoms with E-state index in [0.29, 0.717) is 5.75 Å². The number of rotatable bonds is 3. The van der Waals surface area contributed by atoms with Crippen molar-refractivity contribution >= 4 is 12.0 Å². The van der Waals surface area contributed by atoms with Crippen LogP contribution in [-0.2, 0) is 4.79 Å². The monoisotopic (exact) mass is 262 g/mol. The first-order valence-electron chi connectivity index (χ1n) is 6.25. The molecule has 0 saturated carbocycles. The molecule has 0 radical (unpaired) electrons. The minimum atomic E-state index is 0.00791. The van der Waals surface area contributed by atoms with Crippen molar-refractivity contribution in [2.24, 2.45) is 0 Å². The molecule has 0 aromatic heterocycles. The molecule has 102 valence electrons. The third-order valence-electron chi connectivity index (χ3n) is 3.05. The van der Waals surface area contributed by atoms with E-state index in [1.165, 1.54) is 7.11 Å². The zero-order chi connectivity index (χ0) is 13.7. The summed E-state index contributed by atoms with van der Waals surface area (Å²) in [5, 5.41) is 12.7. The van der Waals surface area contributed by atoms with Crippen molar-refractivity contribution in [2.45, 2.75) is 0 Å². The van der Waals surface area contributed by atoms with Gasteiger partial charge in [0.1, 0.15) is 0 Å². The molecule has 2 rings (SSSR count). The van der Waals surface area contributed by atoms with Crippen LogP contribution in [0.3, 0.4) is 0 Å². The number of aromatic hydroxyl groups is 1. The quantitative estimate of drug-likeness (QED) is 0.793. The van der Waals surface area contributed by atoms with E-state index < -0.39 is 0 Å². The Hall–Kier alpha value is -2.01. The van der Waals surface area contributed by atoms with Crippen molar-refractivity contribution in [2.75, 3.05) is 33.3 Å². The molecule has 0 atom stereocenters. The van der Waals surface area contributed by atoms with E-state index in [-0.39, 0.29) is 11.7 Å². The van der Waals surface area contributed by atoms with Crippen molar-refractivity contribution in [1.82, 2.24) is 10.2 Å². The molecule has 1 heterocycles. The van der Waals surface area contributed by atoms with Gasteiger partial charge >= 0.3 is 0 Å². The third kappa shape index (κ3) is 3.48. The van der Waals surface area contributed by atoms with Crippen LogP contribution in [0.4, 0.5) is 0 Å². The van der Waals surface area contributed by atoms with Crippen molar-refractivity contribution in [3.63, 3.8) is 0 Å². The summed E-state index contributed by atoms with van der Waals surface area (Å²) >= 11 is 0. The van der Waals surface area contributed by atoms with Crippen LogP contribution in [0.5, 0.6) is 11.5 Å². The molecule has 5 heteroatoms. The van der Waals surface area contributed by atoms with Crippen molar-refractivity contribution in [3.8, 4) is 11.5 Å². The maximum absolute atomic E-state index is 11.9. The molecule has 1 aromatic rings. The van der Waals surface area contributed by atoms with E-state index in [0.717, 1.165) is 31.7 Å². The Balaban J connectivity index is 2.03. The highest BCUT2D eigenvalue weighted by Crippen LogP contribution is 2.26. The molecule has 1 aliphatic heterocycles. The molecule has 0 aliphatic carbocycles. The van der Waals surface area contributed by atoms with Gasteiger partial charge in [0.05, 0.1) is 7.11 Å². The number of benzene rings is 1. The van der Waals surface area contributed by atoms with Crippen LogP contribution in [0, 0.1) is 0 Å². The first-order valence-corrected chi connectivity index (χ1v) is 6.25. The van der Waals surface area contributed by atoms with Gasteiger partial charge in [-0.1, -0.05) is 6.07 Å². The lowest BCUT2D eigenvalue weighted by Crippen LogP contribution is -2.45. The predicted molar refractivity (Wildman–Crippen MR) is 73.1 cm³/mol. The zero-order valence-corrected chi connectivity index (χ0v) is 10.9. The van der Waals surface area contributed by atoms with Crippen LogP contribution in [0.1, 0.15) is 5.56 Å². The molecule has 1 amide bonds. The number of methoxy groups -OCH3 is 1. The first-order chi connectivity index (χ1) is 9.20. The highest BCUT2D eigenvalue weighted by atomic mass is 16.5. The molecule has 0 spiro atoms. The second-order valence-electron chi connectivity index (χ2n) is 4.34. The molecular formula is C14H18N2O3. The van der Waals surface area contributed by atoms with Crippen LogP contribution in [0.25, 0.3) is 6.08 Å². The minimum Gasteiger partial charge on any atom is -0.504 e. The molecule has 1 aliphatic rings. The average molecular weight is 262 g/mol. The standard InChI is InChI=1S/C14H18N2O3/c1-19-13-10-11(2-4-12(13)17)3-5-14(18)16-8-6-15-7-9-16/h2-5,10,15,17H,6-9H2,1H3. The van der Waals surface area contributed by atoms with E-state index in [4.69, 9.17) is 4.74 Å². The van der Waals surface area contributed by atoms with Crippen LogP contribution in [0.2, 0.25) is 0 Å². The fourth-order valence-electron chi connectivity index (χ4n) is 1.96. The Morgan fingerprint density at radius 3 is 2.84 bits per heavy atom. The number of hydrogen-bond donors (Lipinski definition) is 2. The van der Waals surface area contributed by atoms with Gasteiger partial charge in [-0.3, -0.25) is 4.79 Å². The smallest absolute Gasteiger partial charge is 0.246 e. The summed E-state index contributed by atoms with van der Waals surface area (Å²) in [5.41, 5.74) is 0.818. The second-order valence-corrected chi connectivity index (χ2v) is 4.34. The topological polar surface area (TPSA) is 61.8 Å². The van der Waals surface area contributed by atoms with Gasteiger partial charge in [0.2, 0.25) is 5.91 Å². The summed E-state index contributed by atoms with van der Waals surface area (Å²) in [5.74, 6) is 0.499. The summed E-state index contributed by atoms with van der Waals surface area (Å²) in [6, 6.07) is 4.98. The van der Waals surface area contributed by atoms with E-state index in [9.17, 15) is 9.90 Å². The molecule has 1 saturated heterocycles. The van der Waals surface area contributed by atoms with Crippen LogP contribution >= 0.6 is 0 Å². The Labute approximate surface area is 112 Å². The third-order valence-corrected chi connectivity index (χ3v) is 3.05. The van der Waals surface area contributed by atoms with E-state index >= 15 is 0 Å². The lowest BCUT2D eigenvalue weighted by atomic mass is 10.2. The number of nitrogens with one attached hydrogen (secondary N) is 1. The average Bonchev–Trinajstić information content (AvgIpc) is 2.47. The van der Waals surface area contributed by atoms with Crippen molar-refractivity contribution in [3.05, 3.63) is 29.8 Å². The second kappa shape index (κ2) is 6.24. The van der Waals surface area contributed by atoms with Gasteiger partial charge < -0.3 is 20.1 Å². The SMILES string of the molecule is COc1cc(C=CC(=O)N2CCNCC2)ccc1O. The predicted octanol–water partition coefficient (Wildman–Crippen LogP) is 0.846. The Bertz CT molecular complexity index is 480. The normalized spacial score (nSPS) is 15.7. The summed E-state index contributed by atoms with van der Waals surface area (Å²) in [6.07, 6.45) is 3.28. The molecule has 0 unspecified atom stereocenters. The van der Waals surface area contributed by atoms with E-state index in [1.54, 1.807) is 30.4 Å². The van der Waals surface area contributed by atoms with Crippen LogP contribution in [-0.4, -0.2) is 49.2 Å². The number of phenols is 1. The van der Waals surface area contributed by atoms with E-state index in [1.807, 2.05) is 4.90 Å². The summed E-state index contributed by atoms with van der Waals surface area (Å²) in [7, 11) is 1.49. The Morgan fingerprint density at radius 2 is 2.16 bits per heavy atom. The Morgan fingerprint density at radius 1 is 1.42 bits per heavy atom. The fraction of sp³-hybridized carbons (Fsp3) is 0.357. The van der Waals surface area contributed by atoms with Crippen molar-refractivity contribution < 1.29 is 14.6 Å². The maximum Gasteiger partial charge on any atom is 0.246 e. The number of hydrogen-bond acceptors (Lipinski definition) is 4. The molecule has 19 heavy (non-hydrogen) atoms. The van der Waals surface area contributed by atoms with E-state index in [2.05, 4.69) is 5.32 Å². The summed E-state index contributed by atoms with van der Waals surface area (Å²) in [4.78, 5) is 13.7. The van der Waals surface area contributed by atoms with Gasteiger partial charge in [0.15, 0.2) is 11.5 Å². The molecule has 1 aromatic carbocycles. The molecule has 0 bridgehead atoms. The summed E-state index contributed by atoms with van der Waals surface area (Å²) in [6.45, 7) is 3.16. The first kappa shape index (κ1) is 13.4. The lowest BCUT2D eigenvalue weighted by Gasteiger charge is -2.26. The number of phenolic OH excluding ortho intramolecular Hbond substituents is 1. The van der Waals surface area contributed by atoms with Gasteiger partial charge in [-0.25, -0.2) is 0 Å². The molecule has 5 nitrogen and oxygen atoms in total. The number of carbonyl (C=O) groups excluding carboxylic acids is 1. The number of amides is 1. The zero-order valence-electron chi connectivity index (χ0n) is 10.9. The maximum atomic E-state index is 11.9. The minimum absolute atomic E-state index is 0.00791. The van der Waals surface area contributed by atoms with Gasteiger partial charge in [-0.15, -0.1) is 0 Å². The largest absolute Gasteiger partial charge is 0.504 e. The summed E-state index contributed by atoms with van der Waals surface area (Å²) < 4.78 is 5.02. The lowest BCUT2D eigenvalue weighted by molar-refractivity contribution is -0.126.